The van der Waals surface area contributed by atoms with Gasteiger partial charge in [0.15, 0.2) is 0 Å². The highest BCUT2D eigenvalue weighted by molar-refractivity contribution is 5.65. The van der Waals surface area contributed by atoms with Crippen LogP contribution >= 0.6 is 0 Å². The highest BCUT2D eigenvalue weighted by Crippen LogP contribution is 2.31. The van der Waals surface area contributed by atoms with Gasteiger partial charge in [-0.1, -0.05) is 84.4 Å². The smallest absolute Gasteiger partial charge is 0.123 e. The van der Waals surface area contributed by atoms with Crippen LogP contribution in [0.2, 0.25) is 0 Å². The maximum atomic E-state index is 11.2. The molecule has 1 aromatic heterocycles. The summed E-state index contributed by atoms with van der Waals surface area (Å²) in [6.07, 6.45) is -0.839. The number of aliphatic hydroxyl groups excluding tert-OH is 1. The second-order valence-corrected chi connectivity index (χ2v) is 8.32. The SMILES string of the molecule is COc1ccc(-n2nc(C(O)c3ccc(-c4ccccc4)cc3)cc2-c2ccc(C)cc2)cc1. The lowest BCUT2D eigenvalue weighted by atomic mass is 10.0. The first kappa shape index (κ1) is 21.7. The Balaban J connectivity index is 1.52. The van der Waals surface area contributed by atoms with E-state index in [0.29, 0.717) is 5.69 Å². The molecule has 0 aliphatic carbocycles. The molecule has 4 aromatic carbocycles. The average molecular weight is 447 g/mol. The summed E-state index contributed by atoms with van der Waals surface area (Å²) >= 11 is 0. The summed E-state index contributed by atoms with van der Waals surface area (Å²) < 4.78 is 7.18. The molecule has 34 heavy (non-hydrogen) atoms. The van der Waals surface area contributed by atoms with E-state index in [-0.39, 0.29) is 0 Å². The molecule has 0 saturated heterocycles. The van der Waals surface area contributed by atoms with Crippen molar-refractivity contribution >= 4 is 0 Å². The fraction of sp³-hybridized carbons (Fsp3) is 0.100. The van der Waals surface area contributed by atoms with Crippen molar-refractivity contribution in [2.45, 2.75) is 13.0 Å². The second-order valence-electron chi connectivity index (χ2n) is 8.32. The summed E-state index contributed by atoms with van der Waals surface area (Å²) in [5, 5.41) is 16.0. The molecule has 5 rings (SSSR count). The molecule has 4 heteroatoms. The van der Waals surface area contributed by atoms with Crippen molar-refractivity contribution in [2.75, 3.05) is 7.11 Å². The van der Waals surface area contributed by atoms with Crippen LogP contribution in [0.4, 0.5) is 0 Å². The first-order chi connectivity index (χ1) is 16.6. The Morgan fingerprint density at radius 1 is 0.735 bits per heavy atom. The van der Waals surface area contributed by atoms with Gasteiger partial charge in [0.25, 0.3) is 0 Å². The number of benzene rings is 4. The van der Waals surface area contributed by atoms with Crippen LogP contribution in [0.5, 0.6) is 5.75 Å². The highest BCUT2D eigenvalue weighted by atomic mass is 16.5. The summed E-state index contributed by atoms with van der Waals surface area (Å²) in [4.78, 5) is 0. The maximum absolute atomic E-state index is 11.2. The quantitative estimate of drug-likeness (QED) is 0.319. The molecular weight excluding hydrogens is 420 g/mol. The number of aliphatic hydroxyl groups is 1. The van der Waals surface area contributed by atoms with Gasteiger partial charge in [0, 0.05) is 5.56 Å². The molecule has 0 amide bonds. The van der Waals surface area contributed by atoms with E-state index in [2.05, 4.69) is 43.3 Å². The monoisotopic (exact) mass is 446 g/mol. The van der Waals surface area contributed by atoms with Crippen LogP contribution in [-0.2, 0) is 0 Å². The van der Waals surface area contributed by atoms with Crippen LogP contribution in [0.3, 0.4) is 0 Å². The molecule has 0 fully saturated rings. The Morgan fingerprint density at radius 3 is 2.00 bits per heavy atom. The largest absolute Gasteiger partial charge is 0.497 e. The topological polar surface area (TPSA) is 47.3 Å². The van der Waals surface area contributed by atoms with Crippen LogP contribution in [0.15, 0.2) is 109 Å². The number of rotatable bonds is 6. The molecule has 0 aliphatic rings. The molecule has 1 unspecified atom stereocenters. The third-order valence-corrected chi connectivity index (χ3v) is 6.01. The minimum atomic E-state index is -0.839. The number of aromatic nitrogens is 2. The molecule has 0 aliphatic heterocycles. The number of hydrogen-bond donors (Lipinski definition) is 1. The first-order valence-electron chi connectivity index (χ1n) is 11.3. The van der Waals surface area contributed by atoms with E-state index in [0.717, 1.165) is 39.4 Å². The minimum Gasteiger partial charge on any atom is -0.497 e. The number of hydrogen-bond acceptors (Lipinski definition) is 3. The number of methoxy groups -OCH3 is 1. The third-order valence-electron chi connectivity index (χ3n) is 6.01. The van der Waals surface area contributed by atoms with Crippen LogP contribution < -0.4 is 4.74 Å². The molecule has 0 bridgehead atoms. The van der Waals surface area contributed by atoms with Gasteiger partial charge in [0.2, 0.25) is 0 Å². The third kappa shape index (κ3) is 4.36. The van der Waals surface area contributed by atoms with Gasteiger partial charge >= 0.3 is 0 Å². The lowest BCUT2D eigenvalue weighted by molar-refractivity contribution is 0.214. The molecule has 1 N–H and O–H groups in total. The fourth-order valence-electron chi connectivity index (χ4n) is 4.04. The molecule has 0 spiro atoms. The normalized spacial score (nSPS) is 11.9. The van der Waals surface area contributed by atoms with E-state index in [1.807, 2.05) is 77.5 Å². The van der Waals surface area contributed by atoms with E-state index >= 15 is 0 Å². The summed E-state index contributed by atoms with van der Waals surface area (Å²) in [5.41, 5.74) is 7.70. The molecule has 5 aromatic rings. The first-order valence-corrected chi connectivity index (χ1v) is 11.3. The van der Waals surface area contributed by atoms with Crippen molar-refractivity contribution in [2.24, 2.45) is 0 Å². The zero-order valence-electron chi connectivity index (χ0n) is 19.2. The average Bonchev–Trinajstić information content (AvgIpc) is 3.35. The van der Waals surface area contributed by atoms with Crippen molar-refractivity contribution in [3.05, 3.63) is 126 Å². The van der Waals surface area contributed by atoms with Crippen molar-refractivity contribution in [3.8, 4) is 33.8 Å². The fourth-order valence-corrected chi connectivity index (χ4v) is 4.04. The van der Waals surface area contributed by atoms with Gasteiger partial charge in [-0.15, -0.1) is 0 Å². The molecule has 4 nitrogen and oxygen atoms in total. The van der Waals surface area contributed by atoms with Gasteiger partial charge in [-0.2, -0.15) is 5.10 Å². The van der Waals surface area contributed by atoms with Gasteiger partial charge in [0.1, 0.15) is 11.9 Å². The van der Waals surface area contributed by atoms with Crippen LogP contribution in [0, 0.1) is 6.92 Å². The van der Waals surface area contributed by atoms with E-state index < -0.39 is 6.10 Å². The van der Waals surface area contributed by atoms with Gasteiger partial charge < -0.3 is 9.84 Å². The molecule has 0 saturated carbocycles. The van der Waals surface area contributed by atoms with Crippen LogP contribution in [0.1, 0.15) is 22.9 Å². The van der Waals surface area contributed by atoms with Gasteiger partial charge in [0.05, 0.1) is 24.2 Å². The van der Waals surface area contributed by atoms with Crippen LogP contribution in [0.25, 0.3) is 28.1 Å². The standard InChI is InChI=1S/C30H26N2O2/c1-21-8-10-24(11-9-21)29-20-28(31-32(29)26-16-18-27(34-2)19-17-26)30(33)25-14-12-23(13-15-25)22-6-4-3-5-7-22/h3-20,30,33H,1-2H3. The predicted molar refractivity (Wildman–Crippen MR) is 136 cm³/mol. The molecule has 0 radical (unpaired) electrons. The van der Waals surface area contributed by atoms with Crippen molar-refractivity contribution < 1.29 is 9.84 Å². The van der Waals surface area contributed by atoms with Crippen molar-refractivity contribution in [1.82, 2.24) is 9.78 Å². The molecule has 1 atom stereocenters. The lowest BCUT2D eigenvalue weighted by Gasteiger charge is -2.10. The maximum Gasteiger partial charge on any atom is 0.123 e. The van der Waals surface area contributed by atoms with Crippen LogP contribution in [-0.4, -0.2) is 22.0 Å². The number of nitrogens with zero attached hydrogens (tertiary/aromatic N) is 2. The lowest BCUT2D eigenvalue weighted by Crippen LogP contribution is -2.03. The number of aryl methyl sites for hydroxylation is 1. The van der Waals surface area contributed by atoms with E-state index in [9.17, 15) is 5.11 Å². The van der Waals surface area contributed by atoms with Crippen molar-refractivity contribution in [1.29, 1.82) is 0 Å². The van der Waals surface area contributed by atoms with Gasteiger partial charge in [-0.25, -0.2) is 4.68 Å². The Kier molecular flexibility index (Phi) is 5.98. The van der Waals surface area contributed by atoms with Crippen molar-refractivity contribution in [3.63, 3.8) is 0 Å². The highest BCUT2D eigenvalue weighted by Gasteiger charge is 2.19. The van der Waals surface area contributed by atoms with E-state index in [1.165, 1.54) is 5.56 Å². The Labute approximate surface area is 199 Å². The molecule has 1 heterocycles. The second kappa shape index (κ2) is 9.38. The molecular formula is C30H26N2O2. The minimum absolute atomic E-state index is 0.596. The zero-order valence-corrected chi connectivity index (χ0v) is 19.2. The summed E-state index contributed by atoms with van der Waals surface area (Å²) in [6, 6.07) is 36.3. The summed E-state index contributed by atoms with van der Waals surface area (Å²) in [6.45, 7) is 2.07. The predicted octanol–water partition coefficient (Wildman–Crippen LogP) is 6.61. The van der Waals surface area contributed by atoms with Gasteiger partial charge in [-0.05, 0) is 53.9 Å². The summed E-state index contributed by atoms with van der Waals surface area (Å²) in [7, 11) is 1.65. The summed E-state index contributed by atoms with van der Waals surface area (Å²) in [5.74, 6) is 0.784. The van der Waals surface area contributed by atoms with Gasteiger partial charge in [-0.3, -0.25) is 0 Å². The number of ether oxygens (including phenoxy) is 1. The Morgan fingerprint density at radius 2 is 1.35 bits per heavy atom. The Bertz CT molecular complexity index is 1370. The zero-order chi connectivity index (χ0) is 23.5. The van der Waals surface area contributed by atoms with E-state index in [1.54, 1.807) is 7.11 Å². The Hall–Kier alpha value is -4.15. The van der Waals surface area contributed by atoms with E-state index in [4.69, 9.17) is 9.84 Å². The molecule has 168 valence electrons.